The lowest BCUT2D eigenvalue weighted by Crippen LogP contribution is -2.34. The maximum absolute atomic E-state index is 11.5. The highest BCUT2D eigenvalue weighted by molar-refractivity contribution is 5.90. The molecule has 0 aliphatic carbocycles. The van der Waals surface area contributed by atoms with Crippen molar-refractivity contribution in [2.75, 3.05) is 0 Å². The molecular weight excluding hydrogens is 294 g/mol. The molecule has 1 heterocycles. The minimum atomic E-state index is -0.570. The third-order valence-electron chi connectivity index (χ3n) is 4.05. The number of allylic oxidation sites excluding steroid dienone is 1. The molecule has 0 saturated heterocycles. The van der Waals surface area contributed by atoms with E-state index in [-0.39, 0.29) is 23.7 Å². The molecule has 0 fully saturated rings. The molecule has 0 radical (unpaired) electrons. The molecule has 23 heavy (non-hydrogen) atoms. The van der Waals surface area contributed by atoms with Gasteiger partial charge in [-0.25, -0.2) is 0 Å². The van der Waals surface area contributed by atoms with Crippen LogP contribution in [0.25, 0.3) is 0 Å². The van der Waals surface area contributed by atoms with Crippen LogP contribution in [0, 0.1) is 11.3 Å². The number of aliphatic hydroxyl groups is 1. The van der Waals surface area contributed by atoms with Crippen LogP contribution < -0.4 is 5.73 Å². The van der Waals surface area contributed by atoms with Gasteiger partial charge in [-0.1, -0.05) is 45.0 Å². The Hall–Kier alpha value is -1.85. The zero-order chi connectivity index (χ0) is 17.0. The lowest BCUT2D eigenvalue weighted by molar-refractivity contribution is -0.156. The fourth-order valence-corrected chi connectivity index (χ4v) is 2.46. The maximum atomic E-state index is 11.5. The highest BCUT2D eigenvalue weighted by Gasteiger charge is 2.33. The summed E-state index contributed by atoms with van der Waals surface area (Å²) in [5.74, 6) is -0.239. The second-order valence-electron chi connectivity index (χ2n) is 6.94. The number of primary amides is 1. The van der Waals surface area contributed by atoms with Gasteiger partial charge in [-0.15, -0.1) is 0 Å². The number of carbonyl (C=O) groups is 1. The number of hydrogen-bond donors (Lipinski definition) is 2. The van der Waals surface area contributed by atoms with Crippen LogP contribution >= 0.6 is 0 Å². The SMILES string of the molecule is CC(C)(C)[C@H]1C=C(C(N)=O)O[C@@H](OCc2ccc(CO)cc2)C1. The summed E-state index contributed by atoms with van der Waals surface area (Å²) in [5.41, 5.74) is 7.19. The van der Waals surface area contributed by atoms with E-state index in [9.17, 15) is 4.79 Å². The number of carbonyl (C=O) groups excluding carboxylic acids is 1. The van der Waals surface area contributed by atoms with Crippen LogP contribution in [0.15, 0.2) is 36.1 Å². The van der Waals surface area contributed by atoms with Crippen molar-refractivity contribution in [2.45, 2.75) is 46.7 Å². The molecule has 1 amide bonds. The highest BCUT2D eigenvalue weighted by Crippen LogP contribution is 2.36. The van der Waals surface area contributed by atoms with Crippen LogP contribution in [-0.2, 0) is 27.5 Å². The summed E-state index contributed by atoms with van der Waals surface area (Å²) in [6, 6.07) is 7.52. The summed E-state index contributed by atoms with van der Waals surface area (Å²) in [7, 11) is 0. The molecule has 5 nitrogen and oxygen atoms in total. The molecule has 1 aromatic rings. The summed E-state index contributed by atoms with van der Waals surface area (Å²) in [4.78, 5) is 11.5. The van der Waals surface area contributed by atoms with Gasteiger partial charge < -0.3 is 20.3 Å². The number of rotatable bonds is 5. The number of hydrogen-bond acceptors (Lipinski definition) is 4. The van der Waals surface area contributed by atoms with Crippen molar-refractivity contribution in [1.29, 1.82) is 0 Å². The Morgan fingerprint density at radius 2 is 1.91 bits per heavy atom. The molecule has 0 spiro atoms. The summed E-state index contributed by atoms with van der Waals surface area (Å²) < 4.78 is 11.4. The van der Waals surface area contributed by atoms with Crippen molar-refractivity contribution in [2.24, 2.45) is 17.1 Å². The largest absolute Gasteiger partial charge is 0.459 e. The molecular formula is C18H25NO4. The molecule has 3 N–H and O–H groups in total. The molecule has 5 heteroatoms. The first-order chi connectivity index (χ1) is 10.8. The van der Waals surface area contributed by atoms with Gasteiger partial charge in [0.05, 0.1) is 13.2 Å². The predicted octanol–water partition coefficient (Wildman–Crippen LogP) is 2.47. The molecule has 2 atom stereocenters. The van der Waals surface area contributed by atoms with Crippen LogP contribution in [0.2, 0.25) is 0 Å². The lowest BCUT2D eigenvalue weighted by atomic mass is 9.77. The van der Waals surface area contributed by atoms with E-state index in [1.165, 1.54) is 0 Å². The fraction of sp³-hybridized carbons (Fsp3) is 0.500. The van der Waals surface area contributed by atoms with Gasteiger partial charge in [0.15, 0.2) is 5.76 Å². The molecule has 1 aliphatic rings. The first kappa shape index (κ1) is 17.5. The fourth-order valence-electron chi connectivity index (χ4n) is 2.46. The van der Waals surface area contributed by atoms with E-state index in [2.05, 4.69) is 20.8 Å². The van der Waals surface area contributed by atoms with Crippen LogP contribution in [0.3, 0.4) is 0 Å². The normalized spacial score (nSPS) is 21.5. The first-order valence-corrected chi connectivity index (χ1v) is 7.78. The van der Waals surface area contributed by atoms with E-state index in [0.29, 0.717) is 13.0 Å². The quantitative estimate of drug-likeness (QED) is 0.873. The minimum Gasteiger partial charge on any atom is -0.459 e. The molecule has 0 unspecified atom stereocenters. The van der Waals surface area contributed by atoms with Crippen LogP contribution in [-0.4, -0.2) is 17.3 Å². The summed E-state index contributed by atoms with van der Waals surface area (Å²) >= 11 is 0. The van der Waals surface area contributed by atoms with Crippen LogP contribution in [0.5, 0.6) is 0 Å². The second kappa shape index (κ2) is 7.15. The van der Waals surface area contributed by atoms with Crippen molar-refractivity contribution in [3.8, 4) is 0 Å². The number of ether oxygens (including phenoxy) is 2. The number of amides is 1. The molecule has 0 bridgehead atoms. The Bertz CT molecular complexity index is 572. The number of aliphatic hydroxyl groups excluding tert-OH is 1. The molecule has 1 aliphatic heterocycles. The Balaban J connectivity index is 2.02. The molecule has 0 saturated carbocycles. The van der Waals surface area contributed by atoms with E-state index >= 15 is 0 Å². The van der Waals surface area contributed by atoms with Gasteiger partial charge in [-0.2, -0.15) is 0 Å². The molecule has 2 rings (SSSR count). The molecule has 1 aromatic carbocycles. The minimum absolute atomic E-state index is 0.00509. The van der Waals surface area contributed by atoms with E-state index < -0.39 is 12.2 Å². The highest BCUT2D eigenvalue weighted by atomic mass is 16.7. The average molecular weight is 319 g/mol. The lowest BCUT2D eigenvalue weighted by Gasteiger charge is -2.35. The van der Waals surface area contributed by atoms with Gasteiger partial charge in [0, 0.05) is 6.42 Å². The van der Waals surface area contributed by atoms with Gasteiger partial charge in [0.1, 0.15) is 0 Å². The Morgan fingerprint density at radius 3 is 2.43 bits per heavy atom. The molecule has 126 valence electrons. The van der Waals surface area contributed by atoms with Crippen LogP contribution in [0.4, 0.5) is 0 Å². The Labute approximate surface area is 137 Å². The monoisotopic (exact) mass is 319 g/mol. The third kappa shape index (κ3) is 4.81. The van der Waals surface area contributed by atoms with Crippen molar-refractivity contribution in [1.82, 2.24) is 0 Å². The van der Waals surface area contributed by atoms with E-state index in [4.69, 9.17) is 20.3 Å². The van der Waals surface area contributed by atoms with Crippen molar-refractivity contribution >= 4 is 5.91 Å². The van der Waals surface area contributed by atoms with Gasteiger partial charge in [0.2, 0.25) is 6.29 Å². The van der Waals surface area contributed by atoms with E-state index in [1.807, 2.05) is 24.3 Å². The third-order valence-corrected chi connectivity index (χ3v) is 4.05. The van der Waals surface area contributed by atoms with Crippen molar-refractivity contribution in [3.05, 3.63) is 47.2 Å². The maximum Gasteiger partial charge on any atom is 0.283 e. The zero-order valence-electron chi connectivity index (χ0n) is 13.9. The predicted molar refractivity (Wildman–Crippen MR) is 86.9 cm³/mol. The Kier molecular flexibility index (Phi) is 5.44. The van der Waals surface area contributed by atoms with Gasteiger partial charge in [-0.3, -0.25) is 4.79 Å². The van der Waals surface area contributed by atoms with Gasteiger partial charge in [0.25, 0.3) is 5.91 Å². The summed E-state index contributed by atoms with van der Waals surface area (Å²) in [6.45, 7) is 6.74. The van der Waals surface area contributed by atoms with Crippen molar-refractivity contribution in [3.63, 3.8) is 0 Å². The van der Waals surface area contributed by atoms with Gasteiger partial charge in [-0.05, 0) is 28.5 Å². The van der Waals surface area contributed by atoms with Gasteiger partial charge >= 0.3 is 0 Å². The standard InChI is InChI=1S/C18H25NO4/c1-18(2,3)14-8-15(17(19)21)23-16(9-14)22-11-13-6-4-12(10-20)5-7-13/h4-8,14,16,20H,9-11H2,1-3H3,(H2,19,21)/t14-,16+/m0/s1. The van der Waals surface area contributed by atoms with E-state index in [0.717, 1.165) is 11.1 Å². The first-order valence-electron chi connectivity index (χ1n) is 7.78. The van der Waals surface area contributed by atoms with Crippen molar-refractivity contribution < 1.29 is 19.4 Å². The number of benzene rings is 1. The smallest absolute Gasteiger partial charge is 0.283 e. The number of nitrogens with two attached hydrogens (primary N) is 1. The Morgan fingerprint density at radius 1 is 1.30 bits per heavy atom. The van der Waals surface area contributed by atoms with E-state index in [1.54, 1.807) is 6.08 Å². The molecule has 0 aromatic heterocycles. The average Bonchev–Trinajstić information content (AvgIpc) is 2.52. The topological polar surface area (TPSA) is 81.8 Å². The zero-order valence-corrected chi connectivity index (χ0v) is 13.9. The second-order valence-corrected chi connectivity index (χ2v) is 6.94. The summed E-state index contributed by atoms with van der Waals surface area (Å²) in [6.07, 6.45) is 1.98. The summed E-state index contributed by atoms with van der Waals surface area (Å²) in [5, 5.41) is 9.05. The van der Waals surface area contributed by atoms with Crippen LogP contribution in [0.1, 0.15) is 38.3 Å².